The Kier molecular flexibility index (Phi) is 4.28. The van der Waals surface area contributed by atoms with Crippen LogP contribution in [0.2, 0.25) is 0 Å². The number of fused-ring (bicyclic) bond motifs is 1. The molecule has 1 amide bonds. The maximum Gasteiger partial charge on any atom is 0.274 e. The van der Waals surface area contributed by atoms with Crippen LogP contribution in [0.25, 0.3) is 5.65 Å². The van der Waals surface area contributed by atoms with Crippen molar-refractivity contribution in [2.24, 2.45) is 0 Å². The number of anilines is 1. The lowest BCUT2D eigenvalue weighted by Crippen LogP contribution is -2.35. The summed E-state index contributed by atoms with van der Waals surface area (Å²) in [6, 6.07) is 7.05. The van der Waals surface area contributed by atoms with Crippen LogP contribution >= 0.6 is 0 Å². The number of amides is 1. The van der Waals surface area contributed by atoms with Crippen molar-refractivity contribution in [1.82, 2.24) is 14.4 Å². The lowest BCUT2D eigenvalue weighted by molar-refractivity contribution is -0.0426. The van der Waals surface area contributed by atoms with Gasteiger partial charge in [-0.3, -0.25) is 4.79 Å². The fourth-order valence-corrected chi connectivity index (χ4v) is 3.75. The van der Waals surface area contributed by atoms with Crippen LogP contribution in [0.4, 0.5) is 5.69 Å². The van der Waals surface area contributed by atoms with E-state index in [4.69, 9.17) is 4.74 Å². The molecule has 7 heteroatoms. The van der Waals surface area contributed by atoms with Gasteiger partial charge in [0.1, 0.15) is 28.4 Å². The first kappa shape index (κ1) is 18.1. The summed E-state index contributed by atoms with van der Waals surface area (Å²) in [6.45, 7) is 2.39. The number of carbonyl (C=O) groups excluding carboxylic acids is 1. The molecule has 2 fully saturated rings. The molecule has 2 saturated carbocycles. The van der Waals surface area contributed by atoms with Gasteiger partial charge in [0.15, 0.2) is 0 Å². The van der Waals surface area contributed by atoms with E-state index in [2.05, 4.69) is 15.3 Å². The molecule has 3 aromatic heterocycles. The van der Waals surface area contributed by atoms with Crippen LogP contribution in [0.15, 0.2) is 36.7 Å². The summed E-state index contributed by atoms with van der Waals surface area (Å²) in [4.78, 5) is 22.0. The number of nitrogens with one attached hydrogen (secondary N) is 1. The highest BCUT2D eigenvalue weighted by molar-refractivity contribution is 6.03. The molecule has 0 aliphatic heterocycles. The number of aromatic nitrogens is 3. The Labute approximate surface area is 168 Å². The van der Waals surface area contributed by atoms with Gasteiger partial charge in [0.05, 0.1) is 18.0 Å². The van der Waals surface area contributed by atoms with Crippen molar-refractivity contribution in [2.45, 2.75) is 50.5 Å². The predicted octanol–water partition coefficient (Wildman–Crippen LogP) is 3.63. The van der Waals surface area contributed by atoms with E-state index in [9.17, 15) is 9.90 Å². The van der Waals surface area contributed by atoms with E-state index in [0.29, 0.717) is 42.5 Å². The second kappa shape index (κ2) is 6.84. The number of carbonyl (C=O) groups is 1. The lowest BCUT2D eigenvalue weighted by Gasteiger charge is -2.36. The fourth-order valence-electron chi connectivity index (χ4n) is 3.75. The van der Waals surface area contributed by atoms with Crippen molar-refractivity contribution < 1.29 is 14.6 Å². The molecule has 3 aromatic rings. The minimum atomic E-state index is -0.901. The Bertz CT molecular complexity index is 1080. The summed E-state index contributed by atoms with van der Waals surface area (Å²) in [5, 5.41) is 13.5. The fraction of sp³-hybridized carbons (Fsp3) is 0.409. The van der Waals surface area contributed by atoms with Crippen LogP contribution in [-0.2, 0) is 5.60 Å². The monoisotopic (exact) mass is 392 g/mol. The Balaban J connectivity index is 1.44. The number of ether oxygens (including phenoxy) is 1. The molecule has 0 radical (unpaired) electrons. The van der Waals surface area contributed by atoms with Crippen molar-refractivity contribution in [2.75, 3.05) is 11.9 Å². The molecule has 5 rings (SSSR count). The third kappa shape index (κ3) is 3.35. The number of hydrogen-bond acceptors (Lipinski definition) is 5. The molecule has 3 heterocycles. The predicted molar refractivity (Wildman–Crippen MR) is 108 cm³/mol. The molecule has 2 N–H and O–H groups in total. The SMILES string of the molecule is CCOc1cc2nc(C3CC3)cn2cc1NC(=O)c1cccc(C2(O)CCC2)n1. The summed E-state index contributed by atoms with van der Waals surface area (Å²) in [5.41, 5.74) is 2.38. The summed E-state index contributed by atoms with van der Waals surface area (Å²) in [5.74, 6) is 0.792. The topological polar surface area (TPSA) is 88.8 Å². The van der Waals surface area contributed by atoms with Gasteiger partial charge >= 0.3 is 0 Å². The van der Waals surface area contributed by atoms with E-state index < -0.39 is 5.60 Å². The van der Waals surface area contributed by atoms with Crippen LogP contribution < -0.4 is 10.1 Å². The van der Waals surface area contributed by atoms with Crippen LogP contribution in [0, 0.1) is 0 Å². The largest absolute Gasteiger partial charge is 0.491 e. The van der Waals surface area contributed by atoms with Crippen molar-refractivity contribution in [1.29, 1.82) is 0 Å². The van der Waals surface area contributed by atoms with Gasteiger partial charge in [-0.25, -0.2) is 9.97 Å². The molecule has 0 atom stereocenters. The van der Waals surface area contributed by atoms with Crippen LogP contribution in [0.5, 0.6) is 5.75 Å². The molecule has 0 saturated heterocycles. The Hall–Kier alpha value is -2.93. The van der Waals surface area contributed by atoms with Gasteiger partial charge in [0.25, 0.3) is 5.91 Å². The summed E-state index contributed by atoms with van der Waals surface area (Å²) in [6.07, 6.45) is 8.55. The Morgan fingerprint density at radius 2 is 2.14 bits per heavy atom. The normalized spacial score (nSPS) is 17.7. The molecule has 150 valence electrons. The molecular weight excluding hydrogens is 368 g/mol. The van der Waals surface area contributed by atoms with Crippen molar-refractivity contribution in [3.8, 4) is 5.75 Å². The standard InChI is InChI=1S/C22H24N4O3/c1-2-29-18-11-20-24-16(14-7-8-14)12-26(20)13-17(18)25-21(27)15-5-3-6-19(23-15)22(28)9-4-10-22/h3,5-6,11-14,28H,2,4,7-10H2,1H3,(H,25,27). The van der Waals surface area contributed by atoms with E-state index in [1.807, 2.05) is 29.8 Å². The first-order chi connectivity index (χ1) is 14.1. The van der Waals surface area contributed by atoms with Crippen LogP contribution in [0.1, 0.15) is 66.8 Å². The van der Waals surface area contributed by atoms with Crippen LogP contribution in [-0.4, -0.2) is 32.0 Å². The van der Waals surface area contributed by atoms with Crippen molar-refractivity contribution >= 4 is 17.2 Å². The zero-order chi connectivity index (χ0) is 20.0. The second-order valence-electron chi connectivity index (χ2n) is 7.94. The molecule has 0 aromatic carbocycles. The van der Waals surface area contributed by atoms with Gasteiger partial charge in [-0.15, -0.1) is 0 Å². The molecule has 0 spiro atoms. The molecule has 7 nitrogen and oxygen atoms in total. The average molecular weight is 392 g/mol. The van der Waals surface area contributed by atoms with Crippen molar-refractivity contribution in [3.63, 3.8) is 0 Å². The van der Waals surface area contributed by atoms with E-state index in [0.717, 1.165) is 17.8 Å². The third-order valence-electron chi connectivity index (χ3n) is 5.76. The highest BCUT2D eigenvalue weighted by atomic mass is 16.5. The summed E-state index contributed by atoms with van der Waals surface area (Å²) >= 11 is 0. The van der Waals surface area contributed by atoms with Crippen LogP contribution in [0.3, 0.4) is 0 Å². The lowest BCUT2D eigenvalue weighted by atomic mass is 9.77. The minimum Gasteiger partial charge on any atom is -0.491 e. The zero-order valence-corrected chi connectivity index (χ0v) is 16.4. The number of nitrogens with zero attached hydrogens (tertiary/aromatic N) is 3. The highest BCUT2D eigenvalue weighted by Gasteiger charge is 2.37. The van der Waals surface area contributed by atoms with Gasteiger partial charge in [0.2, 0.25) is 0 Å². The number of aliphatic hydroxyl groups is 1. The van der Waals surface area contributed by atoms with Crippen molar-refractivity contribution in [3.05, 3.63) is 53.7 Å². The number of pyridine rings is 2. The average Bonchev–Trinajstić information content (AvgIpc) is 3.47. The Morgan fingerprint density at radius 1 is 1.31 bits per heavy atom. The summed E-state index contributed by atoms with van der Waals surface area (Å²) in [7, 11) is 0. The second-order valence-corrected chi connectivity index (χ2v) is 7.94. The molecular formula is C22H24N4O3. The van der Waals surface area contributed by atoms with Gasteiger partial charge in [-0.2, -0.15) is 0 Å². The molecule has 2 aliphatic carbocycles. The maximum atomic E-state index is 12.9. The number of imidazole rings is 1. The van der Waals surface area contributed by atoms with Gasteiger partial charge in [-0.05, 0) is 51.2 Å². The van der Waals surface area contributed by atoms with E-state index in [1.165, 1.54) is 12.8 Å². The van der Waals surface area contributed by atoms with E-state index in [1.54, 1.807) is 18.2 Å². The Morgan fingerprint density at radius 3 is 2.83 bits per heavy atom. The quantitative estimate of drug-likeness (QED) is 0.669. The molecule has 0 bridgehead atoms. The smallest absolute Gasteiger partial charge is 0.274 e. The molecule has 2 aliphatic rings. The van der Waals surface area contributed by atoms with E-state index >= 15 is 0 Å². The molecule has 29 heavy (non-hydrogen) atoms. The molecule has 0 unspecified atom stereocenters. The third-order valence-corrected chi connectivity index (χ3v) is 5.76. The number of hydrogen-bond donors (Lipinski definition) is 2. The maximum absolute atomic E-state index is 12.9. The van der Waals surface area contributed by atoms with Gasteiger partial charge in [0, 0.05) is 24.4 Å². The minimum absolute atomic E-state index is 0.273. The summed E-state index contributed by atoms with van der Waals surface area (Å²) < 4.78 is 7.67. The van der Waals surface area contributed by atoms with E-state index in [-0.39, 0.29) is 11.6 Å². The van der Waals surface area contributed by atoms with Gasteiger partial charge in [-0.1, -0.05) is 6.07 Å². The zero-order valence-electron chi connectivity index (χ0n) is 16.4. The number of rotatable bonds is 6. The van der Waals surface area contributed by atoms with Gasteiger partial charge < -0.3 is 19.6 Å². The first-order valence-corrected chi connectivity index (χ1v) is 10.2. The highest BCUT2D eigenvalue weighted by Crippen LogP contribution is 2.41. The first-order valence-electron chi connectivity index (χ1n) is 10.2.